The summed E-state index contributed by atoms with van der Waals surface area (Å²) in [6.45, 7) is 4.11. The van der Waals surface area contributed by atoms with Crippen LogP contribution in [0.3, 0.4) is 0 Å². The third kappa shape index (κ3) is 3.50. The van der Waals surface area contributed by atoms with E-state index in [-0.39, 0.29) is 24.6 Å². The number of para-hydroxylation sites is 1. The Kier molecular flexibility index (Phi) is 5.21. The van der Waals surface area contributed by atoms with Crippen LogP contribution in [0.2, 0.25) is 0 Å². The molecular formula is C15H15LiNO-. The average Bonchev–Trinajstić information content (AvgIpc) is 2.30. The van der Waals surface area contributed by atoms with Gasteiger partial charge in [-0.2, -0.15) is 0 Å². The molecule has 3 heteroatoms. The second-order valence-electron chi connectivity index (χ2n) is 4.14. The molecule has 0 unspecified atom stereocenters. The Morgan fingerprint density at radius 2 is 1.78 bits per heavy atom. The van der Waals surface area contributed by atoms with Crippen LogP contribution in [0.5, 0.6) is 5.75 Å². The summed E-state index contributed by atoms with van der Waals surface area (Å²) in [5, 5.41) is 11.5. The minimum atomic E-state index is 0. The quantitative estimate of drug-likeness (QED) is 0.604. The fraction of sp³-hybridized carbons (Fsp3) is 0.133. The smallest absolute Gasteiger partial charge is 0.206 e. The van der Waals surface area contributed by atoms with E-state index >= 15 is 0 Å². The van der Waals surface area contributed by atoms with Gasteiger partial charge >= 0.3 is 0 Å². The van der Waals surface area contributed by atoms with Gasteiger partial charge in [0.05, 0.1) is 0 Å². The molecule has 0 amide bonds. The minimum absolute atomic E-state index is 0. The first-order valence-corrected chi connectivity index (χ1v) is 5.60. The molecule has 1 N–H and O–H groups in total. The van der Waals surface area contributed by atoms with Crippen LogP contribution in [-0.4, -0.2) is 25.1 Å². The Morgan fingerprint density at radius 1 is 1.06 bits per heavy atom. The summed E-state index contributed by atoms with van der Waals surface area (Å²) in [7, 11) is 0. The number of hydrogen-bond donors (Lipinski definition) is 1. The van der Waals surface area contributed by atoms with E-state index < -0.39 is 0 Å². The Hall–Kier alpha value is -1.49. The van der Waals surface area contributed by atoms with Gasteiger partial charge in [-0.25, -0.2) is 4.99 Å². The first-order valence-electron chi connectivity index (χ1n) is 5.60. The van der Waals surface area contributed by atoms with Crippen molar-refractivity contribution in [3.05, 3.63) is 59.2 Å². The number of aryl methyl sites for hydroxylation is 2. The summed E-state index contributed by atoms with van der Waals surface area (Å²) >= 11 is 0. The predicted molar refractivity (Wildman–Crippen MR) is 73.3 cm³/mol. The van der Waals surface area contributed by atoms with Crippen LogP contribution in [0, 0.1) is 13.8 Å². The van der Waals surface area contributed by atoms with Crippen LogP contribution < -0.4 is 10.1 Å². The van der Waals surface area contributed by atoms with Gasteiger partial charge in [0.25, 0.3) is 0 Å². The van der Waals surface area contributed by atoms with Crippen LogP contribution in [0.15, 0.2) is 42.5 Å². The number of benzene rings is 2. The van der Waals surface area contributed by atoms with E-state index in [0.29, 0.717) is 5.56 Å². The van der Waals surface area contributed by atoms with Crippen LogP contribution in [0.1, 0.15) is 16.7 Å². The third-order valence-electron chi connectivity index (χ3n) is 2.68. The Balaban J connectivity index is 0.00000162. The van der Waals surface area contributed by atoms with Crippen LogP contribution in [0.4, 0.5) is 5.69 Å². The summed E-state index contributed by atoms with van der Waals surface area (Å²) in [6.07, 6.45) is 1.75. The summed E-state index contributed by atoms with van der Waals surface area (Å²) in [6, 6.07) is 13.2. The zero-order chi connectivity index (χ0) is 12.3. The molecule has 0 saturated carbocycles. The monoisotopic (exact) mass is 232 g/mol. The summed E-state index contributed by atoms with van der Waals surface area (Å²) in [5.74, 6) is 0.0322. The van der Waals surface area contributed by atoms with Crippen LogP contribution in [-0.2, 0) is 0 Å². The average molecular weight is 232 g/mol. The third-order valence-corrected chi connectivity index (χ3v) is 2.68. The topological polar surface area (TPSA) is 37.0 Å². The fourth-order valence-corrected chi connectivity index (χ4v) is 1.73. The normalized spacial score (nSPS) is 10.3. The number of rotatable bonds is 2. The molecule has 0 aliphatic carbocycles. The van der Waals surface area contributed by atoms with Gasteiger partial charge in [-0.1, -0.05) is 35.6 Å². The molecule has 2 rings (SSSR count). The Bertz CT molecular complexity index is 564. The standard InChI is InChI=1S/C15H15NO.Li/c1-11-7-8-14(12(2)9-11)16-10-13-5-3-4-6-15(13)17;/h3-10,17H,1-2H3;/q;-1. The summed E-state index contributed by atoms with van der Waals surface area (Å²) in [5.41, 5.74) is 4.10. The van der Waals surface area contributed by atoms with E-state index in [4.69, 9.17) is 0 Å². The van der Waals surface area contributed by atoms with E-state index in [2.05, 4.69) is 18.0 Å². The summed E-state index contributed by atoms with van der Waals surface area (Å²) < 4.78 is 0. The van der Waals surface area contributed by atoms with Gasteiger partial charge in [0.1, 0.15) is 0 Å². The molecule has 2 radical (unpaired) electrons. The van der Waals surface area contributed by atoms with Crippen molar-refractivity contribution < 1.29 is 10.1 Å². The maximum absolute atomic E-state index is 11.5. The van der Waals surface area contributed by atoms with Crippen molar-refractivity contribution in [2.24, 2.45) is 0 Å². The number of nitrogens with one attached hydrogen (secondary N) is 1. The zero-order valence-corrected chi connectivity index (χ0v) is 11.0. The second kappa shape index (κ2) is 6.44. The van der Waals surface area contributed by atoms with Crippen molar-refractivity contribution in [1.29, 1.82) is 0 Å². The van der Waals surface area contributed by atoms with E-state index in [0.717, 1.165) is 5.69 Å². The van der Waals surface area contributed by atoms with E-state index in [1.54, 1.807) is 24.4 Å². The van der Waals surface area contributed by atoms with Crippen LogP contribution >= 0.6 is 0 Å². The van der Waals surface area contributed by atoms with Crippen molar-refractivity contribution in [1.82, 2.24) is 0 Å². The van der Waals surface area contributed by atoms with E-state index in [1.807, 2.05) is 25.1 Å². The Labute approximate surface area is 120 Å². The maximum Gasteiger partial charge on any atom is 0.206 e. The van der Waals surface area contributed by atoms with Gasteiger partial charge in [-0.05, 0) is 26.0 Å². The van der Waals surface area contributed by atoms with Gasteiger partial charge < -0.3 is 24.0 Å². The van der Waals surface area contributed by atoms with Gasteiger partial charge in [-0.3, -0.25) is 0 Å². The first kappa shape index (κ1) is 14.6. The Morgan fingerprint density at radius 3 is 2.44 bits per heavy atom. The molecule has 2 aromatic rings. The largest absolute Gasteiger partial charge is 1.00 e. The van der Waals surface area contributed by atoms with Crippen molar-refractivity contribution in [3.8, 4) is 5.75 Å². The molecule has 0 bridgehead atoms. The van der Waals surface area contributed by atoms with Crippen molar-refractivity contribution in [2.75, 3.05) is 0 Å². The fourth-order valence-electron chi connectivity index (χ4n) is 1.73. The molecule has 0 atom stereocenters. The molecule has 0 heterocycles. The molecule has 0 spiro atoms. The van der Waals surface area contributed by atoms with Gasteiger partial charge in [0, 0.05) is 17.2 Å². The molecule has 0 saturated heterocycles. The van der Waals surface area contributed by atoms with Crippen molar-refractivity contribution in [3.63, 3.8) is 0 Å². The molecular weight excluding hydrogens is 217 g/mol. The zero-order valence-electron chi connectivity index (χ0n) is 11.0. The predicted octanol–water partition coefficient (Wildman–Crippen LogP) is 0.827. The maximum atomic E-state index is 11.5. The molecule has 0 fully saturated rings. The minimum Gasteiger partial charge on any atom is -1.00 e. The van der Waals surface area contributed by atoms with Gasteiger partial charge in [-0.15, -0.1) is 0 Å². The van der Waals surface area contributed by atoms with Crippen LogP contribution in [0.25, 0.3) is 0 Å². The molecule has 2 aromatic carbocycles. The molecule has 2 nitrogen and oxygen atoms in total. The van der Waals surface area contributed by atoms with E-state index in [1.165, 1.54) is 11.1 Å². The number of hydrogen-bond acceptors (Lipinski definition) is 1. The molecule has 0 aliphatic rings. The summed E-state index contributed by atoms with van der Waals surface area (Å²) in [4.78, 5) is 3.17. The molecule has 0 aliphatic heterocycles. The van der Waals surface area contributed by atoms with E-state index in [9.17, 15) is 5.11 Å². The van der Waals surface area contributed by atoms with Crippen molar-refractivity contribution in [2.45, 2.75) is 13.8 Å². The SMILES string of the molecule is Cc1ccc([NH+]=Cc2ccccc2[O-])c(C)c1.[Li-]. The molecule has 88 valence electrons. The second-order valence-corrected chi connectivity index (χ2v) is 4.14. The van der Waals surface area contributed by atoms with Crippen molar-refractivity contribution >= 4 is 30.8 Å². The molecule has 18 heavy (non-hydrogen) atoms. The van der Waals surface area contributed by atoms with Gasteiger partial charge in [0.15, 0.2) is 6.21 Å². The molecule has 0 aromatic heterocycles. The first-order chi connectivity index (χ1) is 8.16. The van der Waals surface area contributed by atoms with Gasteiger partial charge in [0.2, 0.25) is 5.69 Å².